The molecule has 1 aliphatic heterocycles. The summed E-state index contributed by atoms with van der Waals surface area (Å²) in [7, 11) is 1.35. The fourth-order valence-corrected chi connectivity index (χ4v) is 4.47. The van der Waals surface area contributed by atoms with E-state index in [-0.39, 0.29) is 12.0 Å². The Morgan fingerprint density at radius 3 is 2.92 bits per heavy atom. The lowest BCUT2D eigenvalue weighted by Gasteiger charge is -2.12. The minimum atomic E-state index is -1.15. The van der Waals surface area contributed by atoms with Crippen molar-refractivity contribution >= 4 is 33.7 Å². The third-order valence-corrected chi connectivity index (χ3v) is 5.47. The summed E-state index contributed by atoms with van der Waals surface area (Å²) in [4.78, 5) is 16.1. The quantitative estimate of drug-likeness (QED) is 0.410. The van der Waals surface area contributed by atoms with E-state index >= 15 is 0 Å². The minimum absolute atomic E-state index is 0.161. The number of halogens is 2. The van der Waals surface area contributed by atoms with Crippen LogP contribution in [0.15, 0.2) is 35.5 Å². The number of fused-ring (bicyclic) bond motifs is 1. The van der Waals surface area contributed by atoms with E-state index in [1.165, 1.54) is 18.9 Å². The Hall–Kier alpha value is -1.41. The van der Waals surface area contributed by atoms with Crippen molar-refractivity contribution in [2.45, 2.75) is 35.5 Å². The molecule has 2 heterocycles. The second-order valence-corrected chi connectivity index (χ2v) is 7.40. The SMILES string of the molecule is COC(=O)C(CCBr)Sc1nc2n(n1)[C@H](c1ccccc1)C[C@@H]2F. The molecule has 0 spiro atoms. The highest BCUT2D eigenvalue weighted by Gasteiger charge is 2.36. The van der Waals surface area contributed by atoms with Gasteiger partial charge in [0, 0.05) is 11.8 Å². The molecule has 1 aliphatic rings. The molecule has 0 radical (unpaired) electrons. The highest BCUT2D eigenvalue weighted by Crippen LogP contribution is 2.40. The number of aromatic nitrogens is 3. The molecule has 2 aromatic rings. The minimum Gasteiger partial charge on any atom is -0.468 e. The second-order valence-electron chi connectivity index (χ2n) is 5.43. The molecule has 8 heteroatoms. The molecular weight excluding hydrogens is 397 g/mol. The number of alkyl halides is 2. The van der Waals surface area contributed by atoms with Gasteiger partial charge in [-0.1, -0.05) is 58.0 Å². The molecule has 0 aliphatic carbocycles. The predicted molar refractivity (Wildman–Crippen MR) is 93.1 cm³/mol. The van der Waals surface area contributed by atoms with Gasteiger partial charge >= 0.3 is 5.97 Å². The summed E-state index contributed by atoms with van der Waals surface area (Å²) in [5.74, 6) is -0.000344. The summed E-state index contributed by atoms with van der Waals surface area (Å²) in [5, 5.41) is 5.10. The van der Waals surface area contributed by atoms with Gasteiger partial charge in [0.15, 0.2) is 12.0 Å². The van der Waals surface area contributed by atoms with E-state index in [4.69, 9.17) is 4.74 Å². The van der Waals surface area contributed by atoms with Crippen molar-refractivity contribution in [2.24, 2.45) is 0 Å². The normalized spacial score (nSPS) is 20.6. The molecule has 0 fully saturated rings. The van der Waals surface area contributed by atoms with Gasteiger partial charge in [-0.05, 0) is 12.0 Å². The fourth-order valence-electron chi connectivity index (χ4n) is 2.74. The molecule has 5 nitrogen and oxygen atoms in total. The summed E-state index contributed by atoms with van der Waals surface area (Å²) < 4.78 is 20.8. The Morgan fingerprint density at radius 2 is 2.25 bits per heavy atom. The van der Waals surface area contributed by atoms with Crippen LogP contribution in [0.2, 0.25) is 0 Å². The van der Waals surface area contributed by atoms with Crippen LogP contribution in [0.25, 0.3) is 0 Å². The Kier molecular flexibility index (Phi) is 5.55. The van der Waals surface area contributed by atoms with Crippen LogP contribution in [-0.4, -0.2) is 38.4 Å². The average Bonchev–Trinajstić information content (AvgIpc) is 3.14. The van der Waals surface area contributed by atoms with Crippen molar-refractivity contribution in [1.29, 1.82) is 0 Å². The fraction of sp³-hybridized carbons (Fsp3) is 0.438. The van der Waals surface area contributed by atoms with Gasteiger partial charge in [-0.15, -0.1) is 5.10 Å². The lowest BCUT2D eigenvalue weighted by atomic mass is 10.0. The monoisotopic (exact) mass is 413 g/mol. The summed E-state index contributed by atoms with van der Waals surface area (Å²) >= 11 is 4.54. The second kappa shape index (κ2) is 7.65. The van der Waals surface area contributed by atoms with Gasteiger partial charge in [0.1, 0.15) is 5.25 Å². The maximum Gasteiger partial charge on any atom is 0.319 e. The molecule has 3 rings (SSSR count). The highest BCUT2D eigenvalue weighted by atomic mass is 79.9. The molecule has 128 valence electrons. The van der Waals surface area contributed by atoms with Gasteiger partial charge in [0.05, 0.1) is 13.2 Å². The lowest BCUT2D eigenvalue weighted by molar-refractivity contribution is -0.139. The largest absolute Gasteiger partial charge is 0.468 e. The molecule has 0 saturated carbocycles. The zero-order valence-corrected chi connectivity index (χ0v) is 15.5. The van der Waals surface area contributed by atoms with E-state index in [1.54, 1.807) is 4.68 Å². The van der Waals surface area contributed by atoms with Gasteiger partial charge < -0.3 is 4.74 Å². The molecule has 1 aromatic heterocycles. The Labute approximate surface area is 152 Å². The molecule has 1 aromatic carbocycles. The average molecular weight is 414 g/mol. The summed E-state index contributed by atoms with van der Waals surface area (Å²) in [6.07, 6.45) is -0.223. The number of hydrogen-bond donors (Lipinski definition) is 0. The highest BCUT2D eigenvalue weighted by molar-refractivity contribution is 9.09. The molecule has 3 atom stereocenters. The number of rotatable bonds is 6. The molecule has 0 bridgehead atoms. The van der Waals surface area contributed by atoms with Crippen LogP contribution in [0.1, 0.15) is 36.4 Å². The number of ether oxygens (including phenoxy) is 1. The van der Waals surface area contributed by atoms with Crippen molar-refractivity contribution in [1.82, 2.24) is 14.8 Å². The molecule has 0 saturated heterocycles. The number of carbonyl (C=O) groups is 1. The Balaban J connectivity index is 1.84. The first-order valence-corrected chi connectivity index (χ1v) is 9.60. The smallest absolute Gasteiger partial charge is 0.319 e. The predicted octanol–water partition coefficient (Wildman–Crippen LogP) is 3.70. The Morgan fingerprint density at radius 1 is 1.50 bits per heavy atom. The van der Waals surface area contributed by atoms with E-state index in [0.29, 0.717) is 29.2 Å². The van der Waals surface area contributed by atoms with E-state index in [1.807, 2.05) is 30.3 Å². The number of carbonyl (C=O) groups excluding carboxylic acids is 1. The number of benzene rings is 1. The van der Waals surface area contributed by atoms with Gasteiger partial charge in [-0.3, -0.25) is 4.79 Å². The van der Waals surface area contributed by atoms with E-state index in [2.05, 4.69) is 26.0 Å². The molecule has 0 N–H and O–H groups in total. The van der Waals surface area contributed by atoms with Crippen LogP contribution in [0.5, 0.6) is 0 Å². The zero-order chi connectivity index (χ0) is 17.1. The number of hydrogen-bond acceptors (Lipinski definition) is 5. The lowest BCUT2D eigenvalue weighted by Crippen LogP contribution is -2.19. The van der Waals surface area contributed by atoms with E-state index in [0.717, 1.165) is 5.56 Å². The van der Waals surface area contributed by atoms with Crippen molar-refractivity contribution in [3.63, 3.8) is 0 Å². The molecule has 0 amide bonds. The molecular formula is C16H17BrFN3O2S. The summed E-state index contributed by atoms with van der Waals surface area (Å²) in [5.41, 5.74) is 1.00. The summed E-state index contributed by atoms with van der Waals surface area (Å²) in [6.45, 7) is 0. The van der Waals surface area contributed by atoms with E-state index in [9.17, 15) is 9.18 Å². The number of methoxy groups -OCH3 is 1. The number of nitrogens with zero attached hydrogens (tertiary/aromatic N) is 3. The van der Waals surface area contributed by atoms with Gasteiger partial charge in [-0.25, -0.2) is 14.1 Å². The third-order valence-electron chi connectivity index (χ3n) is 3.91. The summed E-state index contributed by atoms with van der Waals surface area (Å²) in [6, 6.07) is 9.54. The van der Waals surface area contributed by atoms with Gasteiger partial charge in [0.2, 0.25) is 5.16 Å². The van der Waals surface area contributed by atoms with Crippen molar-refractivity contribution in [3.05, 3.63) is 41.7 Å². The van der Waals surface area contributed by atoms with Crippen molar-refractivity contribution in [2.75, 3.05) is 12.4 Å². The Bertz CT molecular complexity index is 713. The number of esters is 1. The molecule has 1 unspecified atom stereocenters. The van der Waals surface area contributed by atoms with Crippen LogP contribution in [0.3, 0.4) is 0 Å². The van der Waals surface area contributed by atoms with Crippen molar-refractivity contribution in [3.8, 4) is 0 Å². The molecule has 24 heavy (non-hydrogen) atoms. The topological polar surface area (TPSA) is 57.0 Å². The van der Waals surface area contributed by atoms with Gasteiger partial charge in [-0.2, -0.15) is 0 Å². The van der Waals surface area contributed by atoms with Crippen LogP contribution in [-0.2, 0) is 9.53 Å². The zero-order valence-electron chi connectivity index (χ0n) is 13.1. The van der Waals surface area contributed by atoms with E-state index < -0.39 is 11.4 Å². The first-order chi connectivity index (χ1) is 11.6. The van der Waals surface area contributed by atoms with Crippen LogP contribution in [0, 0.1) is 0 Å². The van der Waals surface area contributed by atoms with Crippen LogP contribution < -0.4 is 0 Å². The van der Waals surface area contributed by atoms with Crippen LogP contribution >= 0.6 is 27.7 Å². The number of thioether (sulfide) groups is 1. The standard InChI is InChI=1S/C16H17BrFN3O2S/c1-23-15(22)13(7-8-17)24-16-19-14-11(18)9-12(21(14)20-16)10-5-3-2-4-6-10/h2-6,11-13H,7-9H2,1H3/t11-,12-,13?/m0/s1. The maximum atomic E-state index is 14.3. The maximum absolute atomic E-state index is 14.3. The first-order valence-electron chi connectivity index (χ1n) is 7.60. The van der Waals surface area contributed by atoms with Gasteiger partial charge in [0.25, 0.3) is 0 Å². The van der Waals surface area contributed by atoms with Crippen molar-refractivity contribution < 1.29 is 13.9 Å². The third kappa shape index (κ3) is 3.49. The first kappa shape index (κ1) is 17.4. The van der Waals surface area contributed by atoms with Crippen LogP contribution in [0.4, 0.5) is 4.39 Å².